The van der Waals surface area contributed by atoms with Crippen molar-refractivity contribution in [1.82, 2.24) is 9.55 Å². The summed E-state index contributed by atoms with van der Waals surface area (Å²) in [4.78, 5) is 28.0. The second-order valence-electron chi connectivity index (χ2n) is 6.91. The molecule has 0 aliphatic rings. The molecule has 0 saturated heterocycles. The molecule has 0 amide bonds. The number of nitrogens with one attached hydrogen (secondary N) is 1. The minimum Gasteiger partial charge on any atom is -0.508 e. The number of phenols is 1. The van der Waals surface area contributed by atoms with Gasteiger partial charge in [0.2, 0.25) is 0 Å². The lowest BCUT2D eigenvalue weighted by Gasteiger charge is -2.04. The summed E-state index contributed by atoms with van der Waals surface area (Å²) in [5, 5.41) is 9.53. The number of carbonyl (C=O) groups is 1. The van der Waals surface area contributed by atoms with Gasteiger partial charge in [-0.05, 0) is 65.7 Å². The largest absolute Gasteiger partial charge is 0.508 e. The number of phenolic OH excluding ortho intramolecular Hbond substituents is 1. The first-order valence-electron chi connectivity index (χ1n) is 9.61. The van der Waals surface area contributed by atoms with Crippen molar-refractivity contribution in [2.75, 3.05) is 7.11 Å². The molecule has 0 saturated carbocycles. The Morgan fingerprint density at radius 1 is 1.03 bits per heavy atom. The van der Waals surface area contributed by atoms with Crippen molar-refractivity contribution < 1.29 is 14.6 Å². The second-order valence-corrected chi connectivity index (χ2v) is 6.91. The van der Waals surface area contributed by atoms with E-state index in [2.05, 4.69) is 4.98 Å². The maximum atomic E-state index is 12.6. The number of hydrogen-bond donors (Lipinski definition) is 2. The maximum Gasteiger partial charge on any atom is 0.330 e. The molecule has 0 fully saturated rings. The van der Waals surface area contributed by atoms with Gasteiger partial charge in [0, 0.05) is 11.8 Å². The molecule has 31 heavy (non-hydrogen) atoms. The van der Waals surface area contributed by atoms with Gasteiger partial charge in [-0.15, -0.1) is 0 Å². The zero-order valence-corrected chi connectivity index (χ0v) is 16.8. The average molecular weight is 412 g/mol. The minimum atomic E-state index is -0.300. The molecule has 3 aromatic carbocycles. The third-order valence-corrected chi connectivity index (χ3v) is 4.83. The lowest BCUT2D eigenvalue weighted by molar-refractivity contribution is 0.104. The van der Waals surface area contributed by atoms with Crippen LogP contribution in [0, 0.1) is 0 Å². The van der Waals surface area contributed by atoms with Gasteiger partial charge in [0.1, 0.15) is 11.5 Å². The van der Waals surface area contributed by atoms with E-state index in [-0.39, 0.29) is 17.2 Å². The van der Waals surface area contributed by atoms with Crippen molar-refractivity contribution in [3.8, 4) is 28.4 Å². The molecule has 154 valence electrons. The maximum absolute atomic E-state index is 12.6. The van der Waals surface area contributed by atoms with Crippen LogP contribution in [0.25, 0.3) is 23.0 Å². The fraction of sp³-hybridized carbons (Fsp3) is 0.0400. The average Bonchev–Trinajstić information content (AvgIpc) is 3.19. The number of hydrogen-bond acceptors (Lipinski definition) is 4. The summed E-state index contributed by atoms with van der Waals surface area (Å²) in [5.74, 6) is 0.663. The van der Waals surface area contributed by atoms with Crippen molar-refractivity contribution in [3.63, 3.8) is 0 Å². The third kappa shape index (κ3) is 4.48. The Morgan fingerprint density at radius 2 is 1.81 bits per heavy atom. The number of ketones is 1. The van der Waals surface area contributed by atoms with Gasteiger partial charge in [0.15, 0.2) is 5.78 Å². The van der Waals surface area contributed by atoms with Crippen LogP contribution in [-0.4, -0.2) is 27.6 Å². The molecule has 4 aromatic rings. The highest BCUT2D eigenvalue weighted by molar-refractivity contribution is 6.07. The van der Waals surface area contributed by atoms with Crippen LogP contribution >= 0.6 is 0 Å². The van der Waals surface area contributed by atoms with Crippen LogP contribution < -0.4 is 10.4 Å². The van der Waals surface area contributed by atoms with E-state index in [1.54, 1.807) is 67.9 Å². The molecule has 0 aliphatic carbocycles. The van der Waals surface area contributed by atoms with Crippen LogP contribution in [0.4, 0.5) is 0 Å². The Bertz CT molecular complexity index is 1310. The Labute approximate surface area is 178 Å². The van der Waals surface area contributed by atoms with E-state index in [0.29, 0.717) is 16.9 Å². The number of benzene rings is 3. The molecule has 0 atom stereocenters. The number of imidazole rings is 1. The first-order valence-corrected chi connectivity index (χ1v) is 9.61. The summed E-state index contributed by atoms with van der Waals surface area (Å²) in [7, 11) is 1.60. The number of carbonyl (C=O) groups excluding carboxylic acids is 1. The van der Waals surface area contributed by atoms with Gasteiger partial charge in [-0.2, -0.15) is 0 Å². The van der Waals surface area contributed by atoms with Crippen molar-refractivity contribution in [2.24, 2.45) is 0 Å². The Hall–Kier alpha value is -4.32. The number of methoxy groups -OCH3 is 1. The zero-order valence-electron chi connectivity index (χ0n) is 16.8. The molecular weight excluding hydrogens is 392 g/mol. The van der Waals surface area contributed by atoms with Crippen LogP contribution in [0.5, 0.6) is 11.5 Å². The van der Waals surface area contributed by atoms with Crippen LogP contribution in [0.15, 0.2) is 89.9 Å². The minimum absolute atomic E-state index is 0.135. The SMILES string of the molecule is COc1ccc(-c2cn(-c3cccc(C(=O)/C=C/c4cccc(O)c4)c3)c(=O)[nH]2)cc1. The predicted molar refractivity (Wildman–Crippen MR) is 120 cm³/mol. The third-order valence-electron chi connectivity index (χ3n) is 4.83. The first-order chi connectivity index (χ1) is 15.0. The number of H-pyrrole nitrogens is 1. The van der Waals surface area contributed by atoms with Gasteiger partial charge in [-0.25, -0.2) is 4.79 Å². The van der Waals surface area contributed by atoms with E-state index in [1.165, 1.54) is 10.6 Å². The summed E-state index contributed by atoms with van der Waals surface area (Å²) >= 11 is 0. The molecule has 2 N–H and O–H groups in total. The van der Waals surface area contributed by atoms with Gasteiger partial charge < -0.3 is 14.8 Å². The molecular formula is C25H20N2O4. The Kier molecular flexibility index (Phi) is 5.53. The molecule has 0 radical (unpaired) electrons. The van der Waals surface area contributed by atoms with Gasteiger partial charge in [-0.1, -0.05) is 30.3 Å². The Balaban J connectivity index is 1.60. The molecule has 1 heterocycles. The summed E-state index contributed by atoms with van der Waals surface area (Å²) in [6, 6.07) is 20.9. The van der Waals surface area contributed by atoms with Crippen molar-refractivity contribution in [2.45, 2.75) is 0 Å². The predicted octanol–water partition coefficient (Wildman–Crippen LogP) is 4.44. The number of allylic oxidation sites excluding steroid dienone is 1. The fourth-order valence-electron chi connectivity index (χ4n) is 3.21. The number of ether oxygens (including phenoxy) is 1. The summed E-state index contributed by atoms with van der Waals surface area (Å²) in [6.07, 6.45) is 4.78. The zero-order chi connectivity index (χ0) is 21.8. The highest BCUT2D eigenvalue weighted by atomic mass is 16.5. The van der Waals surface area contributed by atoms with Gasteiger partial charge in [-0.3, -0.25) is 9.36 Å². The standard InChI is InChI=1S/C25H20N2O4/c1-31-22-11-9-18(10-12-22)23-16-27(25(30)26-23)20-6-3-5-19(15-20)24(29)13-8-17-4-2-7-21(28)14-17/h2-16,28H,1H3,(H,26,30)/b13-8+. The van der Waals surface area contributed by atoms with Crippen molar-refractivity contribution in [3.05, 3.63) is 107 Å². The topological polar surface area (TPSA) is 84.3 Å². The number of nitrogens with zero attached hydrogens (tertiary/aromatic N) is 1. The molecule has 4 rings (SSSR count). The van der Waals surface area contributed by atoms with Crippen LogP contribution in [0.3, 0.4) is 0 Å². The van der Waals surface area contributed by atoms with Crippen LogP contribution in [0.2, 0.25) is 0 Å². The van der Waals surface area contributed by atoms with Crippen molar-refractivity contribution in [1.29, 1.82) is 0 Å². The molecule has 6 heteroatoms. The second kappa shape index (κ2) is 8.59. The van der Waals surface area contributed by atoms with Gasteiger partial charge in [0.25, 0.3) is 0 Å². The first kappa shape index (κ1) is 20.0. The fourth-order valence-corrected chi connectivity index (χ4v) is 3.21. The molecule has 0 bridgehead atoms. The smallest absolute Gasteiger partial charge is 0.330 e. The van der Waals surface area contributed by atoms with E-state index in [1.807, 2.05) is 24.3 Å². The van der Waals surface area contributed by atoms with E-state index >= 15 is 0 Å². The van der Waals surface area contributed by atoms with Crippen LogP contribution in [-0.2, 0) is 0 Å². The number of aromatic nitrogens is 2. The quantitative estimate of drug-likeness (QED) is 0.362. The molecule has 0 aliphatic heterocycles. The summed E-state index contributed by atoms with van der Waals surface area (Å²) < 4.78 is 6.63. The highest BCUT2D eigenvalue weighted by Gasteiger charge is 2.10. The van der Waals surface area contributed by atoms with E-state index in [0.717, 1.165) is 16.9 Å². The normalized spacial score (nSPS) is 11.0. The van der Waals surface area contributed by atoms with Crippen molar-refractivity contribution >= 4 is 11.9 Å². The summed E-state index contributed by atoms with van der Waals surface area (Å²) in [5.41, 5.74) is 2.96. The lowest BCUT2D eigenvalue weighted by atomic mass is 10.1. The van der Waals surface area contributed by atoms with E-state index in [4.69, 9.17) is 4.74 Å². The molecule has 0 spiro atoms. The lowest BCUT2D eigenvalue weighted by Crippen LogP contribution is -2.14. The molecule has 6 nitrogen and oxygen atoms in total. The summed E-state index contributed by atoms with van der Waals surface area (Å²) in [6.45, 7) is 0. The number of aromatic amines is 1. The van der Waals surface area contributed by atoms with Gasteiger partial charge >= 0.3 is 5.69 Å². The number of aromatic hydroxyl groups is 1. The van der Waals surface area contributed by atoms with E-state index in [9.17, 15) is 14.7 Å². The molecule has 1 aromatic heterocycles. The van der Waals surface area contributed by atoms with Gasteiger partial charge in [0.05, 0.1) is 18.5 Å². The monoisotopic (exact) mass is 412 g/mol. The van der Waals surface area contributed by atoms with Crippen LogP contribution in [0.1, 0.15) is 15.9 Å². The number of rotatable bonds is 6. The van der Waals surface area contributed by atoms with E-state index < -0.39 is 0 Å². The Morgan fingerprint density at radius 3 is 2.55 bits per heavy atom. The molecule has 0 unspecified atom stereocenters. The highest BCUT2D eigenvalue weighted by Crippen LogP contribution is 2.21.